The number of carbonyl (C=O) groups excluding carboxylic acids is 3. The Bertz CT molecular complexity index is 424. The Hall–Kier alpha value is -1.79. The van der Waals surface area contributed by atoms with E-state index < -0.39 is 5.60 Å². The van der Waals surface area contributed by atoms with E-state index in [0.29, 0.717) is 45.4 Å². The van der Waals surface area contributed by atoms with E-state index in [1.807, 2.05) is 20.8 Å². The molecule has 2 N–H and O–H groups in total. The van der Waals surface area contributed by atoms with Crippen LogP contribution in [-0.4, -0.2) is 54.6 Å². The lowest BCUT2D eigenvalue weighted by Crippen LogP contribution is -2.45. The number of amides is 3. The molecule has 1 aliphatic heterocycles. The Morgan fingerprint density at radius 2 is 1.65 bits per heavy atom. The van der Waals surface area contributed by atoms with Crippen LogP contribution in [0.5, 0.6) is 0 Å². The second-order valence-corrected chi connectivity index (χ2v) is 6.87. The topological polar surface area (TPSA) is 87.7 Å². The smallest absolute Gasteiger partial charge is 0.410 e. The molecule has 1 fully saturated rings. The van der Waals surface area contributed by atoms with Gasteiger partial charge in [-0.2, -0.15) is 0 Å². The van der Waals surface area contributed by atoms with Gasteiger partial charge < -0.3 is 20.3 Å². The van der Waals surface area contributed by atoms with Crippen LogP contribution < -0.4 is 10.6 Å². The van der Waals surface area contributed by atoms with Crippen molar-refractivity contribution in [2.45, 2.75) is 52.6 Å². The molecule has 0 radical (unpaired) electrons. The molecule has 0 aromatic carbocycles. The van der Waals surface area contributed by atoms with E-state index in [1.54, 1.807) is 4.90 Å². The molecule has 1 saturated heterocycles. The first-order valence-electron chi connectivity index (χ1n) is 8.19. The maximum atomic E-state index is 12.1. The number of carbonyl (C=O) groups is 3. The van der Waals surface area contributed by atoms with Gasteiger partial charge in [-0.1, -0.05) is 0 Å². The molecule has 0 bridgehead atoms. The summed E-state index contributed by atoms with van der Waals surface area (Å²) in [6.07, 6.45) is 1.70. The fourth-order valence-corrected chi connectivity index (χ4v) is 2.36. The summed E-state index contributed by atoms with van der Waals surface area (Å²) in [4.78, 5) is 36.4. The highest BCUT2D eigenvalue weighted by molar-refractivity contribution is 5.79. The first-order chi connectivity index (χ1) is 10.7. The third-order valence-corrected chi connectivity index (χ3v) is 3.54. The normalized spacial score (nSPS) is 15.9. The maximum absolute atomic E-state index is 12.1. The van der Waals surface area contributed by atoms with Crippen molar-refractivity contribution in [3.63, 3.8) is 0 Å². The molecule has 132 valence electrons. The molecule has 0 atom stereocenters. The van der Waals surface area contributed by atoms with Crippen LogP contribution in [-0.2, 0) is 14.3 Å². The Labute approximate surface area is 138 Å². The second-order valence-electron chi connectivity index (χ2n) is 6.87. The Morgan fingerprint density at radius 1 is 1.09 bits per heavy atom. The van der Waals surface area contributed by atoms with Crippen molar-refractivity contribution >= 4 is 17.9 Å². The molecule has 1 rings (SSSR count). The van der Waals surface area contributed by atoms with Gasteiger partial charge in [-0.05, 0) is 40.0 Å². The highest BCUT2D eigenvalue weighted by atomic mass is 16.6. The highest BCUT2D eigenvalue weighted by Crippen LogP contribution is 2.19. The molecule has 3 amide bonds. The van der Waals surface area contributed by atoms with E-state index in [4.69, 9.17) is 4.74 Å². The minimum absolute atomic E-state index is 0.0247. The zero-order valence-corrected chi connectivity index (χ0v) is 14.6. The summed E-state index contributed by atoms with van der Waals surface area (Å²) in [5.41, 5.74) is -0.501. The second kappa shape index (κ2) is 8.74. The maximum Gasteiger partial charge on any atom is 0.410 e. The van der Waals surface area contributed by atoms with Crippen molar-refractivity contribution in [3.05, 3.63) is 0 Å². The van der Waals surface area contributed by atoms with E-state index >= 15 is 0 Å². The van der Waals surface area contributed by atoms with Gasteiger partial charge in [0.05, 0.1) is 0 Å². The molecule has 0 aliphatic carbocycles. The van der Waals surface area contributed by atoms with Gasteiger partial charge in [-0.25, -0.2) is 4.79 Å². The number of ether oxygens (including phenoxy) is 1. The highest BCUT2D eigenvalue weighted by Gasteiger charge is 2.29. The molecule has 0 saturated carbocycles. The molecule has 23 heavy (non-hydrogen) atoms. The zero-order valence-electron chi connectivity index (χ0n) is 14.6. The van der Waals surface area contributed by atoms with Gasteiger partial charge in [0.25, 0.3) is 0 Å². The lowest BCUT2D eigenvalue weighted by molar-refractivity contribution is -0.126. The number of nitrogens with one attached hydrogen (secondary N) is 2. The van der Waals surface area contributed by atoms with Crippen LogP contribution in [0, 0.1) is 5.92 Å². The van der Waals surface area contributed by atoms with Gasteiger partial charge in [-0.3, -0.25) is 9.59 Å². The Balaban J connectivity index is 2.23. The summed E-state index contributed by atoms with van der Waals surface area (Å²) in [5, 5.41) is 5.57. The summed E-state index contributed by atoms with van der Waals surface area (Å²) in [6.45, 7) is 9.18. The number of nitrogens with zero attached hydrogens (tertiary/aromatic N) is 1. The van der Waals surface area contributed by atoms with Gasteiger partial charge in [-0.15, -0.1) is 0 Å². The fourth-order valence-electron chi connectivity index (χ4n) is 2.36. The number of hydrogen-bond donors (Lipinski definition) is 2. The third-order valence-electron chi connectivity index (χ3n) is 3.54. The van der Waals surface area contributed by atoms with Crippen molar-refractivity contribution in [1.82, 2.24) is 15.5 Å². The van der Waals surface area contributed by atoms with Gasteiger partial charge in [0.1, 0.15) is 5.60 Å². The van der Waals surface area contributed by atoms with Crippen LogP contribution >= 0.6 is 0 Å². The molecule has 0 aromatic rings. The van der Waals surface area contributed by atoms with Crippen molar-refractivity contribution in [3.8, 4) is 0 Å². The van der Waals surface area contributed by atoms with Gasteiger partial charge >= 0.3 is 6.09 Å². The van der Waals surface area contributed by atoms with E-state index in [1.165, 1.54) is 6.92 Å². The van der Waals surface area contributed by atoms with Crippen LogP contribution in [0.1, 0.15) is 47.0 Å². The third kappa shape index (κ3) is 7.85. The molecule has 0 spiro atoms. The standard InChI is InChI=1S/C16H29N3O4/c1-12(20)17-8-5-9-18-14(21)13-6-10-19(11-7-13)15(22)23-16(2,3)4/h13H,5-11H2,1-4H3,(H,17,20)(H,18,21). The average Bonchev–Trinajstić information content (AvgIpc) is 2.44. The first kappa shape index (κ1) is 19.3. The fraction of sp³-hybridized carbons (Fsp3) is 0.812. The molecule has 7 heteroatoms. The molecule has 1 heterocycles. The predicted molar refractivity (Wildman–Crippen MR) is 86.8 cm³/mol. The lowest BCUT2D eigenvalue weighted by Gasteiger charge is -2.32. The lowest BCUT2D eigenvalue weighted by atomic mass is 9.96. The summed E-state index contributed by atoms with van der Waals surface area (Å²) < 4.78 is 5.34. The number of hydrogen-bond acceptors (Lipinski definition) is 4. The molecule has 0 unspecified atom stereocenters. The summed E-state index contributed by atoms with van der Waals surface area (Å²) in [6, 6.07) is 0. The van der Waals surface area contributed by atoms with Crippen molar-refractivity contribution in [1.29, 1.82) is 0 Å². The summed E-state index contributed by atoms with van der Waals surface area (Å²) >= 11 is 0. The largest absolute Gasteiger partial charge is 0.444 e. The van der Waals surface area contributed by atoms with E-state index in [-0.39, 0.29) is 23.8 Å². The quantitative estimate of drug-likeness (QED) is 0.745. The van der Waals surface area contributed by atoms with Crippen LogP contribution in [0.3, 0.4) is 0 Å². The molecule has 1 aliphatic rings. The van der Waals surface area contributed by atoms with E-state index in [9.17, 15) is 14.4 Å². The van der Waals surface area contributed by atoms with Crippen LogP contribution in [0.15, 0.2) is 0 Å². The zero-order chi connectivity index (χ0) is 17.5. The van der Waals surface area contributed by atoms with Crippen LogP contribution in [0.25, 0.3) is 0 Å². The van der Waals surface area contributed by atoms with Crippen LogP contribution in [0.2, 0.25) is 0 Å². The van der Waals surface area contributed by atoms with Gasteiger partial charge in [0, 0.05) is 39.0 Å². The predicted octanol–water partition coefficient (Wildman–Crippen LogP) is 1.28. The Morgan fingerprint density at radius 3 is 2.17 bits per heavy atom. The van der Waals surface area contributed by atoms with Crippen molar-refractivity contribution < 1.29 is 19.1 Å². The Kier molecular flexibility index (Phi) is 7.32. The van der Waals surface area contributed by atoms with Crippen molar-refractivity contribution in [2.75, 3.05) is 26.2 Å². The number of rotatable bonds is 5. The average molecular weight is 327 g/mol. The van der Waals surface area contributed by atoms with E-state index in [0.717, 1.165) is 0 Å². The monoisotopic (exact) mass is 327 g/mol. The number of likely N-dealkylation sites (tertiary alicyclic amines) is 1. The first-order valence-corrected chi connectivity index (χ1v) is 8.19. The molecular formula is C16H29N3O4. The molecular weight excluding hydrogens is 298 g/mol. The number of piperidine rings is 1. The minimum Gasteiger partial charge on any atom is -0.444 e. The van der Waals surface area contributed by atoms with Crippen LogP contribution in [0.4, 0.5) is 4.79 Å². The van der Waals surface area contributed by atoms with Gasteiger partial charge in [0.15, 0.2) is 0 Å². The SMILES string of the molecule is CC(=O)NCCCNC(=O)C1CCN(C(=O)OC(C)(C)C)CC1. The summed E-state index contributed by atoms with van der Waals surface area (Å²) in [5.74, 6) is -0.100. The van der Waals surface area contributed by atoms with Crippen molar-refractivity contribution in [2.24, 2.45) is 5.92 Å². The minimum atomic E-state index is -0.501. The van der Waals surface area contributed by atoms with E-state index in [2.05, 4.69) is 10.6 Å². The summed E-state index contributed by atoms with van der Waals surface area (Å²) in [7, 11) is 0. The molecule has 0 aromatic heterocycles. The molecule has 7 nitrogen and oxygen atoms in total. The van der Waals surface area contributed by atoms with Gasteiger partial charge in [0.2, 0.25) is 11.8 Å².